The van der Waals surface area contributed by atoms with Gasteiger partial charge in [-0.3, -0.25) is 0 Å². The SMILES string of the molecule is CCO[C@H](CCl)[S@@](=NS(=O)(=O)c1ccccc1)c1ccccc1I. The number of hydrogen-bond acceptors (Lipinski definition) is 3. The molecule has 0 saturated heterocycles. The predicted molar refractivity (Wildman–Crippen MR) is 107 cm³/mol. The van der Waals surface area contributed by atoms with Gasteiger partial charge in [-0.1, -0.05) is 30.3 Å². The van der Waals surface area contributed by atoms with Crippen molar-refractivity contribution in [2.24, 2.45) is 3.77 Å². The number of sulfonamides is 1. The Morgan fingerprint density at radius 3 is 2.38 bits per heavy atom. The van der Waals surface area contributed by atoms with E-state index in [2.05, 4.69) is 26.4 Å². The number of ether oxygens (including phenoxy) is 1. The second-order valence-electron chi connectivity index (χ2n) is 4.65. The van der Waals surface area contributed by atoms with E-state index < -0.39 is 26.2 Å². The molecule has 130 valence electrons. The van der Waals surface area contributed by atoms with E-state index in [-0.39, 0.29) is 10.8 Å². The van der Waals surface area contributed by atoms with E-state index in [1.807, 2.05) is 31.2 Å². The van der Waals surface area contributed by atoms with E-state index in [0.29, 0.717) is 6.61 Å². The zero-order chi connectivity index (χ0) is 17.6. The molecule has 0 aromatic heterocycles. The van der Waals surface area contributed by atoms with Crippen LogP contribution < -0.4 is 0 Å². The molecule has 2 aromatic carbocycles. The molecule has 0 aliphatic heterocycles. The number of benzene rings is 2. The fourth-order valence-corrected chi connectivity index (χ4v) is 7.00. The lowest BCUT2D eigenvalue weighted by Gasteiger charge is -2.19. The third kappa shape index (κ3) is 5.01. The van der Waals surface area contributed by atoms with Gasteiger partial charge < -0.3 is 4.74 Å². The quantitative estimate of drug-likeness (QED) is 0.420. The van der Waals surface area contributed by atoms with Crippen LogP contribution in [0.1, 0.15) is 6.92 Å². The molecule has 0 aliphatic carbocycles. The lowest BCUT2D eigenvalue weighted by molar-refractivity contribution is 0.137. The van der Waals surface area contributed by atoms with Crippen molar-refractivity contribution in [3.05, 3.63) is 58.2 Å². The normalized spacial score (nSPS) is 14.5. The Labute approximate surface area is 163 Å². The highest BCUT2D eigenvalue weighted by Crippen LogP contribution is 2.25. The minimum Gasteiger partial charge on any atom is -0.365 e. The van der Waals surface area contributed by atoms with Crippen LogP contribution in [0.4, 0.5) is 0 Å². The summed E-state index contributed by atoms with van der Waals surface area (Å²) in [5.74, 6) is 0.162. The van der Waals surface area contributed by atoms with Gasteiger partial charge in [-0.25, -0.2) is 0 Å². The minimum atomic E-state index is -3.80. The molecule has 0 saturated carbocycles. The van der Waals surface area contributed by atoms with Gasteiger partial charge in [-0.15, -0.1) is 15.4 Å². The molecule has 0 amide bonds. The zero-order valence-electron chi connectivity index (χ0n) is 12.9. The molecule has 0 radical (unpaired) electrons. The number of nitrogens with zero attached hydrogens (tertiary/aromatic N) is 1. The summed E-state index contributed by atoms with van der Waals surface area (Å²) < 4.78 is 36.2. The first-order valence-corrected chi connectivity index (χ1v) is 11.5. The van der Waals surface area contributed by atoms with Crippen molar-refractivity contribution in [1.82, 2.24) is 0 Å². The largest absolute Gasteiger partial charge is 0.365 e. The van der Waals surface area contributed by atoms with Gasteiger partial charge in [0.2, 0.25) is 0 Å². The summed E-state index contributed by atoms with van der Waals surface area (Å²) in [6.45, 7) is 2.29. The van der Waals surface area contributed by atoms with Crippen LogP contribution in [0.5, 0.6) is 0 Å². The van der Waals surface area contributed by atoms with Crippen LogP contribution in [0, 0.1) is 3.57 Å². The van der Waals surface area contributed by atoms with E-state index in [9.17, 15) is 8.42 Å². The van der Waals surface area contributed by atoms with Crippen molar-refractivity contribution in [2.45, 2.75) is 22.2 Å². The zero-order valence-corrected chi connectivity index (χ0v) is 17.5. The molecule has 2 atom stereocenters. The lowest BCUT2D eigenvalue weighted by Crippen LogP contribution is -2.23. The average molecular weight is 498 g/mol. The fourth-order valence-electron chi connectivity index (χ4n) is 1.94. The van der Waals surface area contributed by atoms with Gasteiger partial charge in [-0.05, 0) is 64.5 Å². The number of hydrogen-bond donors (Lipinski definition) is 0. The van der Waals surface area contributed by atoms with Crippen molar-refractivity contribution < 1.29 is 13.2 Å². The summed E-state index contributed by atoms with van der Waals surface area (Å²) >= 11 is 8.22. The molecular formula is C16H17ClINO3S2. The van der Waals surface area contributed by atoms with Gasteiger partial charge in [-0.2, -0.15) is 8.42 Å². The third-order valence-electron chi connectivity index (χ3n) is 3.01. The maximum Gasteiger partial charge on any atom is 0.288 e. The van der Waals surface area contributed by atoms with Crippen molar-refractivity contribution in [3.8, 4) is 0 Å². The molecule has 0 fully saturated rings. The van der Waals surface area contributed by atoms with Crippen molar-refractivity contribution in [2.75, 3.05) is 12.5 Å². The van der Waals surface area contributed by atoms with Gasteiger partial charge in [0.1, 0.15) is 5.44 Å². The molecule has 0 bridgehead atoms. The Balaban J connectivity index is 2.60. The van der Waals surface area contributed by atoms with E-state index in [4.69, 9.17) is 16.3 Å². The molecule has 0 spiro atoms. The Morgan fingerprint density at radius 2 is 1.79 bits per heavy atom. The van der Waals surface area contributed by atoms with Crippen LogP contribution in [0.2, 0.25) is 0 Å². The predicted octanol–water partition coefficient (Wildman–Crippen LogP) is 4.44. The topological polar surface area (TPSA) is 55.7 Å². The Kier molecular flexibility index (Phi) is 7.67. The van der Waals surface area contributed by atoms with E-state index in [1.54, 1.807) is 18.2 Å². The molecule has 0 heterocycles. The summed E-state index contributed by atoms with van der Waals surface area (Å²) in [6.07, 6.45) is 0. The first kappa shape index (κ1) is 19.8. The molecule has 2 aromatic rings. The Morgan fingerprint density at radius 1 is 1.17 bits per heavy atom. The first-order chi connectivity index (χ1) is 11.5. The van der Waals surface area contributed by atoms with E-state index >= 15 is 0 Å². The summed E-state index contributed by atoms with van der Waals surface area (Å²) in [5, 5.41) is 0. The molecule has 2 rings (SSSR count). The Bertz CT molecular complexity index is 813. The maximum absolute atomic E-state index is 12.7. The van der Waals surface area contributed by atoms with Crippen LogP contribution in [0.15, 0.2) is 68.2 Å². The monoisotopic (exact) mass is 497 g/mol. The first-order valence-electron chi connectivity index (χ1n) is 7.18. The highest BCUT2D eigenvalue weighted by molar-refractivity contribution is 14.1. The van der Waals surface area contributed by atoms with Crippen molar-refractivity contribution >= 4 is 54.9 Å². The Hall–Kier alpha value is -0.480. The van der Waals surface area contributed by atoms with Crippen LogP contribution in [-0.4, -0.2) is 26.3 Å². The third-order valence-corrected chi connectivity index (χ3v) is 8.68. The second-order valence-corrected chi connectivity index (χ2v) is 9.73. The highest BCUT2D eigenvalue weighted by Gasteiger charge is 2.22. The van der Waals surface area contributed by atoms with Crippen molar-refractivity contribution in [3.63, 3.8) is 0 Å². The van der Waals surface area contributed by atoms with Gasteiger partial charge in [0.05, 0.1) is 10.8 Å². The van der Waals surface area contributed by atoms with Crippen LogP contribution >= 0.6 is 34.2 Å². The van der Waals surface area contributed by atoms with Gasteiger partial charge >= 0.3 is 0 Å². The number of rotatable bonds is 7. The summed E-state index contributed by atoms with van der Waals surface area (Å²) in [7, 11) is -4.83. The standard InChI is InChI=1S/C16H17ClINO3S2/c1-2-22-16(12-17)23(15-11-7-6-10-14(15)18)19-24(20,21)13-8-4-3-5-9-13/h3-11,16H,2,12H2,1H3/t16-,23-/m0/s1. The van der Waals surface area contributed by atoms with Crippen molar-refractivity contribution in [1.29, 1.82) is 0 Å². The van der Waals surface area contributed by atoms with Gasteiger partial charge in [0, 0.05) is 15.1 Å². The molecule has 4 nitrogen and oxygen atoms in total. The molecular weight excluding hydrogens is 481 g/mol. The average Bonchev–Trinajstić information content (AvgIpc) is 2.59. The molecule has 0 aliphatic rings. The van der Waals surface area contributed by atoms with Crippen LogP contribution in [0.25, 0.3) is 0 Å². The highest BCUT2D eigenvalue weighted by atomic mass is 127. The van der Waals surface area contributed by atoms with Crippen LogP contribution in [0.3, 0.4) is 0 Å². The maximum atomic E-state index is 12.7. The number of alkyl halides is 1. The van der Waals surface area contributed by atoms with Gasteiger partial charge in [0.15, 0.2) is 0 Å². The smallest absolute Gasteiger partial charge is 0.288 e. The summed E-state index contributed by atoms with van der Waals surface area (Å²) in [6, 6.07) is 15.7. The molecule has 0 unspecified atom stereocenters. The summed E-state index contributed by atoms with van der Waals surface area (Å²) in [5.41, 5.74) is -0.494. The summed E-state index contributed by atoms with van der Waals surface area (Å²) in [4.78, 5) is 0.981. The van der Waals surface area contributed by atoms with Crippen LogP contribution in [-0.2, 0) is 25.5 Å². The minimum absolute atomic E-state index is 0.162. The van der Waals surface area contributed by atoms with E-state index in [0.717, 1.165) is 8.47 Å². The molecule has 0 N–H and O–H groups in total. The van der Waals surface area contributed by atoms with E-state index in [1.165, 1.54) is 12.1 Å². The fraction of sp³-hybridized carbons (Fsp3) is 0.250. The second kappa shape index (κ2) is 9.28. The molecule has 8 heteroatoms. The number of halogens is 2. The molecule has 24 heavy (non-hydrogen) atoms. The lowest BCUT2D eigenvalue weighted by atomic mass is 10.4. The van der Waals surface area contributed by atoms with Gasteiger partial charge in [0.25, 0.3) is 10.0 Å².